The van der Waals surface area contributed by atoms with Crippen molar-refractivity contribution in [2.75, 3.05) is 7.05 Å². The van der Waals surface area contributed by atoms with E-state index in [2.05, 4.69) is 9.68 Å². The van der Waals surface area contributed by atoms with Crippen molar-refractivity contribution in [3.63, 3.8) is 0 Å². The van der Waals surface area contributed by atoms with Crippen molar-refractivity contribution in [3.05, 3.63) is 39.9 Å². The maximum atomic E-state index is 12.1. The molecule has 0 aliphatic heterocycles. The Kier molecular flexibility index (Phi) is 3.66. The lowest BCUT2D eigenvalue weighted by molar-refractivity contribution is 0.0648. The summed E-state index contributed by atoms with van der Waals surface area (Å²) in [5, 5.41) is 14.1. The minimum Gasteiger partial charge on any atom is -0.475 e. The number of carboxylic acids is 1. The zero-order chi connectivity index (χ0) is 14.0. The molecule has 1 atom stereocenters. The van der Waals surface area contributed by atoms with Crippen LogP contribution in [-0.2, 0) is 0 Å². The highest BCUT2D eigenvalue weighted by atomic mass is 32.1. The Bertz CT molecular complexity index is 591. The van der Waals surface area contributed by atoms with E-state index in [0.29, 0.717) is 0 Å². The molecule has 0 radical (unpaired) electrons. The standard InChI is InChI=1S/C12H12N2O4S/c1-7(10-4-3-5-19-10)14(2)11(15)8-6-9(12(16)17)18-13-8/h3-7H,1-2H3,(H,16,17). The summed E-state index contributed by atoms with van der Waals surface area (Å²) in [5.41, 5.74) is -0.0108. The van der Waals surface area contributed by atoms with Crippen LogP contribution in [0.15, 0.2) is 28.1 Å². The minimum atomic E-state index is -1.25. The molecule has 0 aliphatic rings. The van der Waals surface area contributed by atoms with Crippen LogP contribution in [0.4, 0.5) is 0 Å². The van der Waals surface area contributed by atoms with Crippen molar-refractivity contribution >= 4 is 23.2 Å². The van der Waals surface area contributed by atoms with Gasteiger partial charge in [-0.25, -0.2) is 4.79 Å². The zero-order valence-corrected chi connectivity index (χ0v) is 11.2. The normalized spacial score (nSPS) is 12.1. The van der Waals surface area contributed by atoms with Crippen molar-refractivity contribution in [2.24, 2.45) is 0 Å². The molecule has 1 amide bonds. The van der Waals surface area contributed by atoms with Crippen LogP contribution in [-0.4, -0.2) is 34.1 Å². The van der Waals surface area contributed by atoms with Crippen LogP contribution in [0, 0.1) is 0 Å². The van der Waals surface area contributed by atoms with Gasteiger partial charge in [0.25, 0.3) is 5.91 Å². The van der Waals surface area contributed by atoms with Crippen molar-refractivity contribution in [1.29, 1.82) is 0 Å². The van der Waals surface area contributed by atoms with Crippen molar-refractivity contribution < 1.29 is 19.2 Å². The van der Waals surface area contributed by atoms with Crippen LogP contribution in [0.3, 0.4) is 0 Å². The summed E-state index contributed by atoms with van der Waals surface area (Å²) >= 11 is 1.55. The molecule has 2 aromatic heterocycles. The number of amides is 1. The van der Waals surface area contributed by atoms with E-state index in [9.17, 15) is 9.59 Å². The van der Waals surface area contributed by atoms with E-state index in [4.69, 9.17) is 5.11 Å². The summed E-state index contributed by atoms with van der Waals surface area (Å²) in [7, 11) is 1.64. The van der Waals surface area contributed by atoms with E-state index in [1.165, 1.54) is 4.90 Å². The van der Waals surface area contributed by atoms with E-state index in [0.717, 1.165) is 10.9 Å². The Hall–Kier alpha value is -2.15. The number of thiophene rings is 1. The second-order valence-corrected chi connectivity index (χ2v) is 4.97. The number of aromatic nitrogens is 1. The molecule has 0 saturated heterocycles. The van der Waals surface area contributed by atoms with Gasteiger partial charge in [-0.3, -0.25) is 4.79 Å². The van der Waals surface area contributed by atoms with Crippen LogP contribution in [0.1, 0.15) is 38.9 Å². The molecule has 1 N–H and O–H groups in total. The molecule has 6 nitrogen and oxygen atoms in total. The number of carboxylic acid groups (broad SMARTS) is 1. The quantitative estimate of drug-likeness (QED) is 0.928. The van der Waals surface area contributed by atoms with Crippen LogP contribution in [0.5, 0.6) is 0 Å². The first-order valence-corrected chi connectivity index (χ1v) is 6.39. The molecule has 0 fully saturated rings. The summed E-state index contributed by atoms with van der Waals surface area (Å²) in [6.07, 6.45) is 0. The lowest BCUT2D eigenvalue weighted by atomic mass is 10.2. The monoisotopic (exact) mass is 280 g/mol. The van der Waals surface area contributed by atoms with Gasteiger partial charge in [0.15, 0.2) is 5.69 Å². The van der Waals surface area contributed by atoms with Crippen LogP contribution < -0.4 is 0 Å². The number of hydrogen-bond acceptors (Lipinski definition) is 5. The second kappa shape index (κ2) is 5.23. The Labute approximate surface area is 113 Å². The third-order valence-corrected chi connectivity index (χ3v) is 3.84. The van der Waals surface area contributed by atoms with E-state index in [-0.39, 0.29) is 23.4 Å². The lowest BCUT2D eigenvalue weighted by Gasteiger charge is -2.22. The Morgan fingerprint density at radius 3 is 2.79 bits per heavy atom. The largest absolute Gasteiger partial charge is 0.475 e. The van der Waals surface area contributed by atoms with Gasteiger partial charge in [-0.1, -0.05) is 11.2 Å². The molecular weight excluding hydrogens is 268 g/mol. The lowest BCUT2D eigenvalue weighted by Crippen LogP contribution is -2.29. The van der Waals surface area contributed by atoms with Gasteiger partial charge >= 0.3 is 5.97 Å². The molecule has 2 rings (SSSR count). The van der Waals surface area contributed by atoms with E-state index >= 15 is 0 Å². The van der Waals surface area contributed by atoms with E-state index < -0.39 is 5.97 Å². The molecule has 0 aliphatic carbocycles. The van der Waals surface area contributed by atoms with Gasteiger partial charge < -0.3 is 14.5 Å². The summed E-state index contributed by atoms with van der Waals surface area (Å²) in [6, 6.07) is 4.86. The highest BCUT2D eigenvalue weighted by molar-refractivity contribution is 7.10. The number of aromatic carboxylic acids is 1. The van der Waals surface area contributed by atoms with Crippen molar-refractivity contribution in [2.45, 2.75) is 13.0 Å². The predicted octanol–water partition coefficient (Wildman–Crippen LogP) is 2.27. The molecule has 19 heavy (non-hydrogen) atoms. The molecule has 2 aromatic rings. The van der Waals surface area contributed by atoms with Gasteiger partial charge in [0.05, 0.1) is 6.04 Å². The van der Waals surface area contributed by atoms with Gasteiger partial charge in [0, 0.05) is 18.0 Å². The topological polar surface area (TPSA) is 83.6 Å². The third kappa shape index (κ3) is 2.65. The van der Waals surface area contributed by atoms with Crippen LogP contribution in [0.2, 0.25) is 0 Å². The Balaban J connectivity index is 2.16. The number of nitrogens with zero attached hydrogens (tertiary/aromatic N) is 2. The molecule has 7 heteroatoms. The van der Waals surface area contributed by atoms with E-state index in [1.807, 2.05) is 24.4 Å². The van der Waals surface area contributed by atoms with E-state index in [1.54, 1.807) is 18.4 Å². The maximum absolute atomic E-state index is 12.1. The second-order valence-electron chi connectivity index (χ2n) is 3.99. The number of hydrogen-bond donors (Lipinski definition) is 1. The first-order chi connectivity index (χ1) is 9.00. The minimum absolute atomic E-state index is 0.0108. The predicted molar refractivity (Wildman–Crippen MR) is 68.3 cm³/mol. The summed E-state index contributed by atoms with van der Waals surface area (Å²) in [5.74, 6) is -1.97. The molecule has 100 valence electrons. The smallest absolute Gasteiger partial charge is 0.374 e. The van der Waals surface area contributed by atoms with Gasteiger partial charge in [0.2, 0.25) is 5.76 Å². The highest BCUT2D eigenvalue weighted by Crippen LogP contribution is 2.24. The Morgan fingerprint density at radius 1 is 1.53 bits per heavy atom. The van der Waals surface area contributed by atoms with Crippen LogP contribution >= 0.6 is 11.3 Å². The molecule has 2 heterocycles. The highest BCUT2D eigenvalue weighted by Gasteiger charge is 2.23. The van der Waals surface area contributed by atoms with Gasteiger partial charge in [0.1, 0.15) is 0 Å². The number of carbonyl (C=O) groups is 2. The molecular formula is C12H12N2O4S. The first kappa shape index (κ1) is 13.3. The molecule has 0 spiro atoms. The summed E-state index contributed by atoms with van der Waals surface area (Å²) < 4.78 is 4.57. The van der Waals surface area contributed by atoms with Gasteiger partial charge in [-0.2, -0.15) is 0 Å². The van der Waals surface area contributed by atoms with Gasteiger partial charge in [-0.05, 0) is 18.4 Å². The van der Waals surface area contributed by atoms with Crippen LogP contribution in [0.25, 0.3) is 0 Å². The average molecular weight is 280 g/mol. The molecule has 1 unspecified atom stereocenters. The van der Waals surface area contributed by atoms with Gasteiger partial charge in [-0.15, -0.1) is 11.3 Å². The fraction of sp³-hybridized carbons (Fsp3) is 0.250. The fourth-order valence-corrected chi connectivity index (χ4v) is 2.38. The number of rotatable bonds is 4. The third-order valence-electron chi connectivity index (χ3n) is 2.80. The molecule has 0 bridgehead atoms. The van der Waals surface area contributed by atoms with Crippen molar-refractivity contribution in [3.8, 4) is 0 Å². The first-order valence-electron chi connectivity index (χ1n) is 5.51. The Morgan fingerprint density at radius 2 is 2.26 bits per heavy atom. The average Bonchev–Trinajstić information content (AvgIpc) is 3.06. The SMILES string of the molecule is CC(c1cccs1)N(C)C(=O)c1cc(C(=O)O)on1. The zero-order valence-electron chi connectivity index (χ0n) is 10.4. The molecule has 0 saturated carbocycles. The maximum Gasteiger partial charge on any atom is 0.374 e. The molecule has 0 aromatic carbocycles. The summed E-state index contributed by atoms with van der Waals surface area (Å²) in [4.78, 5) is 25.3. The summed E-state index contributed by atoms with van der Waals surface area (Å²) in [6.45, 7) is 1.89. The fourth-order valence-electron chi connectivity index (χ4n) is 1.55. The number of carbonyl (C=O) groups excluding carboxylic acids is 1. The van der Waals surface area contributed by atoms with Crippen molar-refractivity contribution in [1.82, 2.24) is 10.1 Å².